The van der Waals surface area contributed by atoms with Crippen molar-refractivity contribution in [3.05, 3.63) is 83.9 Å². The SMILES string of the molecule is O=C(OCc1ccccc1)[C@@H]1[C@H]2C=C[C@@]3(CN(Cc4ccccc4)C(=O)[C@@H]13)O2. The summed E-state index contributed by atoms with van der Waals surface area (Å²) < 4.78 is 11.7. The van der Waals surface area contributed by atoms with Crippen LogP contribution in [0.3, 0.4) is 0 Å². The summed E-state index contributed by atoms with van der Waals surface area (Å²) in [4.78, 5) is 27.8. The van der Waals surface area contributed by atoms with E-state index in [9.17, 15) is 9.59 Å². The Labute approximate surface area is 163 Å². The van der Waals surface area contributed by atoms with E-state index in [2.05, 4.69) is 0 Å². The van der Waals surface area contributed by atoms with Crippen LogP contribution in [0.4, 0.5) is 0 Å². The van der Waals surface area contributed by atoms with Crippen LogP contribution in [0.1, 0.15) is 11.1 Å². The average Bonchev–Trinajstić information content (AvgIpc) is 3.36. The molecule has 0 unspecified atom stereocenters. The summed E-state index contributed by atoms with van der Waals surface area (Å²) in [7, 11) is 0. The largest absolute Gasteiger partial charge is 0.460 e. The van der Waals surface area contributed by atoms with Gasteiger partial charge < -0.3 is 14.4 Å². The second-order valence-corrected chi connectivity index (χ2v) is 7.67. The Hall–Kier alpha value is -2.92. The molecular weight excluding hydrogens is 354 g/mol. The molecule has 3 aliphatic rings. The summed E-state index contributed by atoms with van der Waals surface area (Å²) in [5.74, 6) is -1.48. The summed E-state index contributed by atoms with van der Waals surface area (Å²) in [6.45, 7) is 1.20. The minimum absolute atomic E-state index is 0.0302. The highest BCUT2D eigenvalue weighted by Gasteiger charge is 2.67. The van der Waals surface area contributed by atoms with E-state index in [0.717, 1.165) is 11.1 Å². The van der Waals surface area contributed by atoms with Crippen LogP contribution in [0, 0.1) is 11.8 Å². The number of rotatable bonds is 5. The van der Waals surface area contributed by atoms with Gasteiger partial charge in [0.15, 0.2) is 0 Å². The van der Waals surface area contributed by atoms with Gasteiger partial charge in [-0.1, -0.05) is 72.8 Å². The summed E-state index contributed by atoms with van der Waals surface area (Å²) >= 11 is 0. The van der Waals surface area contributed by atoms with E-state index < -0.39 is 17.4 Å². The van der Waals surface area contributed by atoms with Gasteiger partial charge in [0.05, 0.1) is 18.6 Å². The normalized spacial score (nSPS) is 29.9. The maximum absolute atomic E-state index is 13.2. The van der Waals surface area contributed by atoms with Crippen molar-refractivity contribution in [1.82, 2.24) is 4.90 Å². The predicted octanol–water partition coefficient (Wildman–Crippen LogP) is 2.71. The Morgan fingerprint density at radius 2 is 1.75 bits per heavy atom. The van der Waals surface area contributed by atoms with Crippen LogP contribution in [0.15, 0.2) is 72.8 Å². The first-order valence-electron chi connectivity index (χ1n) is 9.57. The molecule has 5 nitrogen and oxygen atoms in total. The molecule has 0 aliphatic carbocycles. The van der Waals surface area contributed by atoms with Crippen molar-refractivity contribution in [2.24, 2.45) is 11.8 Å². The zero-order valence-corrected chi connectivity index (χ0v) is 15.4. The van der Waals surface area contributed by atoms with Crippen molar-refractivity contribution in [1.29, 1.82) is 0 Å². The van der Waals surface area contributed by atoms with Crippen LogP contribution in [-0.4, -0.2) is 35.0 Å². The number of hydrogen-bond donors (Lipinski definition) is 0. The molecule has 142 valence electrons. The Kier molecular flexibility index (Phi) is 4.05. The fourth-order valence-electron chi connectivity index (χ4n) is 4.61. The van der Waals surface area contributed by atoms with Crippen LogP contribution < -0.4 is 0 Å². The van der Waals surface area contributed by atoms with Gasteiger partial charge in [0.2, 0.25) is 5.91 Å². The van der Waals surface area contributed by atoms with Crippen molar-refractivity contribution in [3.63, 3.8) is 0 Å². The van der Waals surface area contributed by atoms with Crippen LogP contribution in [0.25, 0.3) is 0 Å². The van der Waals surface area contributed by atoms with E-state index in [1.807, 2.05) is 72.8 Å². The number of nitrogens with zero attached hydrogens (tertiary/aromatic N) is 1. The molecule has 2 aromatic carbocycles. The first-order chi connectivity index (χ1) is 13.7. The first-order valence-corrected chi connectivity index (χ1v) is 9.57. The van der Waals surface area contributed by atoms with Crippen LogP contribution >= 0.6 is 0 Å². The number of benzene rings is 2. The monoisotopic (exact) mass is 375 g/mol. The van der Waals surface area contributed by atoms with Gasteiger partial charge in [0.1, 0.15) is 18.1 Å². The maximum atomic E-state index is 13.2. The molecular formula is C23H21NO4. The minimum atomic E-state index is -0.701. The van der Waals surface area contributed by atoms with Gasteiger partial charge in [-0.15, -0.1) is 0 Å². The number of ether oxygens (including phenoxy) is 2. The smallest absolute Gasteiger partial charge is 0.313 e. The Bertz CT molecular complexity index is 926. The van der Waals surface area contributed by atoms with Gasteiger partial charge in [-0.05, 0) is 11.1 Å². The number of amides is 1. The second-order valence-electron chi connectivity index (χ2n) is 7.67. The molecule has 1 amide bonds. The van der Waals surface area contributed by atoms with Crippen LogP contribution in [-0.2, 0) is 32.2 Å². The van der Waals surface area contributed by atoms with Gasteiger partial charge in [0, 0.05) is 6.54 Å². The molecule has 0 aromatic heterocycles. The quantitative estimate of drug-likeness (QED) is 0.596. The molecule has 0 N–H and O–H groups in total. The number of likely N-dealkylation sites (tertiary alicyclic amines) is 1. The number of carbonyl (C=O) groups is 2. The Balaban J connectivity index is 1.33. The third kappa shape index (κ3) is 2.74. The first kappa shape index (κ1) is 17.2. The minimum Gasteiger partial charge on any atom is -0.460 e. The van der Waals surface area contributed by atoms with Gasteiger partial charge in [-0.2, -0.15) is 0 Å². The molecule has 1 spiro atoms. The highest BCUT2D eigenvalue weighted by atomic mass is 16.6. The third-order valence-corrected chi connectivity index (χ3v) is 5.89. The standard InChI is InChI=1S/C23H21NO4/c25-21-20-19(22(26)27-14-17-9-5-2-6-10-17)18-11-12-23(20,28-18)15-24(21)13-16-7-3-1-4-8-16/h1-12,18-20H,13-15H2/t18-,19-,20-,23+/m1/s1. The molecule has 4 atom stereocenters. The topological polar surface area (TPSA) is 55.8 Å². The summed E-state index contributed by atoms with van der Waals surface area (Å²) in [6.07, 6.45) is 3.49. The second kappa shape index (κ2) is 6.60. The predicted molar refractivity (Wildman–Crippen MR) is 102 cm³/mol. The maximum Gasteiger partial charge on any atom is 0.313 e. The van der Waals surface area contributed by atoms with Crippen molar-refractivity contribution in [3.8, 4) is 0 Å². The number of esters is 1. The van der Waals surface area contributed by atoms with E-state index in [1.165, 1.54) is 0 Å². The summed E-state index contributed by atoms with van der Waals surface area (Å²) in [6, 6.07) is 19.4. The zero-order valence-electron chi connectivity index (χ0n) is 15.4. The van der Waals surface area contributed by atoms with Crippen LogP contribution in [0.5, 0.6) is 0 Å². The number of fused-ring (bicyclic) bond motifs is 1. The van der Waals surface area contributed by atoms with Crippen molar-refractivity contribution < 1.29 is 19.1 Å². The highest BCUT2D eigenvalue weighted by molar-refractivity contribution is 5.91. The van der Waals surface area contributed by atoms with Crippen molar-refractivity contribution >= 4 is 11.9 Å². The molecule has 0 radical (unpaired) electrons. The Morgan fingerprint density at radius 3 is 2.46 bits per heavy atom. The molecule has 2 saturated heterocycles. The van der Waals surface area contributed by atoms with Gasteiger partial charge >= 0.3 is 5.97 Å². The lowest BCUT2D eigenvalue weighted by molar-refractivity contribution is -0.155. The third-order valence-electron chi connectivity index (χ3n) is 5.89. The molecule has 3 aliphatic heterocycles. The zero-order chi connectivity index (χ0) is 19.1. The molecule has 2 aromatic rings. The molecule has 5 heteroatoms. The lowest BCUT2D eigenvalue weighted by atomic mass is 9.77. The highest BCUT2D eigenvalue weighted by Crippen LogP contribution is 2.52. The van der Waals surface area contributed by atoms with Gasteiger partial charge in [-0.3, -0.25) is 9.59 Å². The molecule has 28 heavy (non-hydrogen) atoms. The fraction of sp³-hybridized carbons (Fsp3) is 0.304. The molecule has 5 rings (SSSR count). The fourth-order valence-corrected chi connectivity index (χ4v) is 4.61. The van der Waals surface area contributed by atoms with Gasteiger partial charge in [0.25, 0.3) is 0 Å². The molecule has 0 saturated carbocycles. The lowest BCUT2D eigenvalue weighted by Gasteiger charge is -2.22. The average molecular weight is 375 g/mol. The van der Waals surface area contributed by atoms with Crippen molar-refractivity contribution in [2.45, 2.75) is 24.9 Å². The Morgan fingerprint density at radius 1 is 1.07 bits per heavy atom. The van der Waals surface area contributed by atoms with E-state index in [0.29, 0.717) is 13.1 Å². The van der Waals surface area contributed by atoms with Crippen LogP contribution in [0.2, 0.25) is 0 Å². The summed E-state index contributed by atoms with van der Waals surface area (Å²) in [5.41, 5.74) is 1.29. The molecule has 2 bridgehead atoms. The van der Waals surface area contributed by atoms with Gasteiger partial charge in [-0.25, -0.2) is 0 Å². The lowest BCUT2D eigenvalue weighted by Crippen LogP contribution is -2.39. The molecule has 2 fully saturated rings. The van der Waals surface area contributed by atoms with E-state index in [-0.39, 0.29) is 24.6 Å². The van der Waals surface area contributed by atoms with Crippen molar-refractivity contribution in [2.75, 3.05) is 6.54 Å². The number of hydrogen-bond acceptors (Lipinski definition) is 4. The number of carbonyl (C=O) groups excluding carboxylic acids is 2. The summed E-state index contributed by atoms with van der Waals surface area (Å²) in [5, 5.41) is 0. The van der Waals surface area contributed by atoms with E-state index in [1.54, 1.807) is 4.90 Å². The van der Waals surface area contributed by atoms with E-state index in [4.69, 9.17) is 9.47 Å². The molecule has 3 heterocycles. The van der Waals surface area contributed by atoms with E-state index >= 15 is 0 Å².